The van der Waals surface area contributed by atoms with E-state index in [9.17, 15) is 14.4 Å². The zero-order chi connectivity index (χ0) is 18.1. The highest BCUT2D eigenvalue weighted by molar-refractivity contribution is 6.22. The maximum Gasteiger partial charge on any atom is 0.419 e. The van der Waals surface area contributed by atoms with Crippen LogP contribution in [-0.2, 0) is 26.2 Å². The number of Topliss-reactive ketones (excluding diaryl/α,β-unsaturated/α-hetero) is 1. The average molecular weight is 340 g/mol. The number of benzene rings is 1. The first-order valence-corrected chi connectivity index (χ1v) is 8.35. The zero-order valence-corrected chi connectivity index (χ0v) is 14.7. The third-order valence-corrected chi connectivity index (χ3v) is 5.03. The van der Waals surface area contributed by atoms with E-state index in [1.54, 1.807) is 25.3 Å². The second-order valence-corrected chi connectivity index (χ2v) is 7.92. The van der Waals surface area contributed by atoms with Crippen LogP contribution in [0.15, 0.2) is 24.4 Å². The van der Waals surface area contributed by atoms with E-state index in [-0.39, 0.29) is 11.7 Å². The fourth-order valence-electron chi connectivity index (χ4n) is 3.85. The van der Waals surface area contributed by atoms with Gasteiger partial charge in [0.25, 0.3) is 0 Å². The van der Waals surface area contributed by atoms with Crippen LogP contribution in [0.3, 0.4) is 0 Å². The van der Waals surface area contributed by atoms with Crippen molar-refractivity contribution in [1.82, 2.24) is 9.88 Å². The number of carbonyl (C=O) groups is 3. The van der Waals surface area contributed by atoms with Crippen molar-refractivity contribution >= 4 is 28.7 Å². The molecule has 1 aromatic carbocycles. The summed E-state index contributed by atoms with van der Waals surface area (Å²) >= 11 is 0. The first-order valence-electron chi connectivity index (χ1n) is 8.35. The largest absolute Gasteiger partial charge is 0.443 e. The molecule has 0 spiro atoms. The highest BCUT2D eigenvalue weighted by Gasteiger charge is 2.55. The molecule has 1 aliphatic heterocycles. The first-order chi connectivity index (χ1) is 11.6. The van der Waals surface area contributed by atoms with E-state index in [0.29, 0.717) is 17.5 Å². The summed E-state index contributed by atoms with van der Waals surface area (Å²) in [7, 11) is 0. The predicted molar refractivity (Wildman–Crippen MR) is 91.6 cm³/mol. The normalized spacial score (nSPS) is 25.0. The van der Waals surface area contributed by atoms with Crippen molar-refractivity contribution in [2.24, 2.45) is 0 Å². The number of fused-ring (bicyclic) bond motifs is 3. The number of hydrogen-bond acceptors (Lipinski definition) is 4. The van der Waals surface area contributed by atoms with Crippen LogP contribution in [0.5, 0.6) is 0 Å². The second-order valence-electron chi connectivity index (χ2n) is 7.92. The molecule has 1 amide bonds. The number of ketones is 1. The highest BCUT2D eigenvalue weighted by atomic mass is 16.6. The van der Waals surface area contributed by atoms with E-state index < -0.39 is 23.2 Å². The zero-order valence-electron chi connectivity index (χ0n) is 14.7. The van der Waals surface area contributed by atoms with Gasteiger partial charge in [-0.3, -0.25) is 14.2 Å². The molecule has 25 heavy (non-hydrogen) atoms. The van der Waals surface area contributed by atoms with E-state index in [1.807, 2.05) is 26.8 Å². The number of amides is 1. The average Bonchev–Trinajstić information content (AvgIpc) is 2.95. The fraction of sp³-hybridized carbons (Fsp3) is 0.421. The summed E-state index contributed by atoms with van der Waals surface area (Å²) in [6.07, 6.45) is 1.64. The molecule has 1 aromatic heterocycles. The topological polar surface area (TPSA) is 77.4 Å². The number of ether oxygens (including phenoxy) is 1. The number of carbonyl (C=O) groups excluding carboxylic acids is 3. The van der Waals surface area contributed by atoms with Gasteiger partial charge in [-0.15, -0.1) is 0 Å². The van der Waals surface area contributed by atoms with E-state index in [2.05, 4.69) is 5.32 Å². The molecule has 0 radical (unpaired) electrons. The van der Waals surface area contributed by atoms with Crippen molar-refractivity contribution in [2.75, 3.05) is 0 Å². The Bertz CT molecular complexity index is 950. The summed E-state index contributed by atoms with van der Waals surface area (Å²) in [6, 6.07) is 4.84. The van der Waals surface area contributed by atoms with E-state index >= 15 is 0 Å². The first kappa shape index (κ1) is 15.9. The molecule has 1 aliphatic carbocycles. The molecule has 2 aliphatic rings. The summed E-state index contributed by atoms with van der Waals surface area (Å²) < 4.78 is 6.97. The lowest BCUT2D eigenvalue weighted by atomic mass is 9.78. The second kappa shape index (κ2) is 4.71. The third-order valence-electron chi connectivity index (χ3n) is 5.03. The Balaban J connectivity index is 1.96. The molecule has 1 N–H and O–H groups in total. The summed E-state index contributed by atoms with van der Waals surface area (Å²) in [5.74, 6) is -0.379. The van der Waals surface area contributed by atoms with Gasteiger partial charge in [-0.1, -0.05) is 12.1 Å². The number of aromatic nitrogens is 1. The minimum atomic E-state index is -1.21. The molecule has 6 heteroatoms. The highest BCUT2D eigenvalue weighted by Crippen LogP contribution is 2.42. The SMILES string of the molecule is CC(C)(C)OC(=O)n1cc2c3c(cccc31)[C@]1(C)C(=O)N[C@@H](C2)C1=O. The molecular weight excluding hydrogens is 320 g/mol. The molecule has 0 saturated carbocycles. The Kier molecular flexibility index (Phi) is 2.99. The standard InChI is InChI=1S/C19H20N2O4/c1-18(2,3)25-17(24)21-9-10-8-12-15(22)19(4,16(23)20-12)11-6-5-7-13(21)14(10)11/h5-7,9,12H,8H2,1-4H3,(H,20,23)/t12-,19-/m0/s1. The smallest absolute Gasteiger partial charge is 0.419 e. The number of nitrogens with one attached hydrogen (secondary N) is 1. The number of hydrogen-bond donors (Lipinski definition) is 1. The van der Waals surface area contributed by atoms with Gasteiger partial charge >= 0.3 is 6.09 Å². The summed E-state index contributed by atoms with van der Waals surface area (Å²) in [5.41, 5.74) is 0.371. The van der Waals surface area contributed by atoms with Crippen molar-refractivity contribution in [3.8, 4) is 0 Å². The van der Waals surface area contributed by atoms with Crippen LogP contribution >= 0.6 is 0 Å². The van der Waals surface area contributed by atoms with Crippen LogP contribution in [-0.4, -0.2) is 34.0 Å². The molecule has 2 aromatic rings. The maximum absolute atomic E-state index is 12.8. The van der Waals surface area contributed by atoms with Gasteiger partial charge in [0, 0.05) is 18.0 Å². The lowest BCUT2D eigenvalue weighted by molar-refractivity contribution is -0.129. The molecule has 130 valence electrons. The Hall–Kier alpha value is -2.63. The minimum Gasteiger partial charge on any atom is -0.443 e. The van der Waals surface area contributed by atoms with Crippen LogP contribution < -0.4 is 5.32 Å². The van der Waals surface area contributed by atoms with Gasteiger partial charge in [0.2, 0.25) is 5.91 Å². The maximum atomic E-state index is 12.8. The third kappa shape index (κ3) is 2.06. The molecule has 4 rings (SSSR count). The van der Waals surface area contributed by atoms with Gasteiger partial charge in [0.05, 0.1) is 11.6 Å². The van der Waals surface area contributed by atoms with Crippen LogP contribution in [0, 0.1) is 0 Å². The Morgan fingerprint density at radius 2 is 2.04 bits per heavy atom. The lowest BCUT2D eigenvalue weighted by Crippen LogP contribution is -2.37. The van der Waals surface area contributed by atoms with Crippen LogP contribution in [0.2, 0.25) is 0 Å². The molecule has 2 bridgehead atoms. The quantitative estimate of drug-likeness (QED) is 0.747. The molecule has 2 atom stereocenters. The Morgan fingerprint density at radius 1 is 1.32 bits per heavy atom. The molecular formula is C19H20N2O4. The van der Waals surface area contributed by atoms with Gasteiger partial charge in [0.15, 0.2) is 5.78 Å². The van der Waals surface area contributed by atoms with Gasteiger partial charge < -0.3 is 10.1 Å². The van der Waals surface area contributed by atoms with Crippen molar-refractivity contribution < 1.29 is 19.1 Å². The Morgan fingerprint density at radius 3 is 2.72 bits per heavy atom. The minimum absolute atomic E-state index is 0.106. The summed E-state index contributed by atoms with van der Waals surface area (Å²) in [5, 5.41) is 3.60. The van der Waals surface area contributed by atoms with Gasteiger partial charge in [-0.05, 0) is 44.9 Å². The molecule has 1 saturated heterocycles. The van der Waals surface area contributed by atoms with Crippen molar-refractivity contribution in [3.05, 3.63) is 35.5 Å². The van der Waals surface area contributed by atoms with E-state index in [4.69, 9.17) is 4.74 Å². The van der Waals surface area contributed by atoms with E-state index in [0.717, 1.165) is 10.9 Å². The molecule has 2 heterocycles. The van der Waals surface area contributed by atoms with Crippen molar-refractivity contribution in [3.63, 3.8) is 0 Å². The van der Waals surface area contributed by atoms with Crippen molar-refractivity contribution in [2.45, 2.75) is 51.2 Å². The number of rotatable bonds is 0. The van der Waals surface area contributed by atoms with Crippen LogP contribution in [0.1, 0.15) is 38.8 Å². The number of nitrogens with zero attached hydrogens (tertiary/aromatic N) is 1. The van der Waals surface area contributed by atoms with Gasteiger partial charge in [-0.2, -0.15) is 0 Å². The van der Waals surface area contributed by atoms with Gasteiger partial charge in [0.1, 0.15) is 11.0 Å². The summed E-state index contributed by atoms with van der Waals surface area (Å²) in [6.45, 7) is 7.11. The molecule has 0 unspecified atom stereocenters. The van der Waals surface area contributed by atoms with Crippen molar-refractivity contribution in [1.29, 1.82) is 0 Å². The van der Waals surface area contributed by atoms with E-state index in [1.165, 1.54) is 4.57 Å². The molecule has 1 fully saturated rings. The van der Waals surface area contributed by atoms with Crippen LogP contribution in [0.4, 0.5) is 4.79 Å². The van der Waals surface area contributed by atoms with Gasteiger partial charge in [-0.25, -0.2) is 4.79 Å². The lowest BCUT2D eigenvalue weighted by Gasteiger charge is -2.21. The van der Waals surface area contributed by atoms with Crippen LogP contribution in [0.25, 0.3) is 10.9 Å². The Labute approximate surface area is 145 Å². The molecule has 6 nitrogen and oxygen atoms in total. The fourth-order valence-corrected chi connectivity index (χ4v) is 3.85. The predicted octanol–water partition coefficient (Wildman–Crippen LogP) is 2.31. The monoisotopic (exact) mass is 340 g/mol. The summed E-state index contributed by atoms with van der Waals surface area (Å²) in [4.78, 5) is 37.9.